The predicted octanol–water partition coefficient (Wildman–Crippen LogP) is 4.71. The van der Waals surface area contributed by atoms with Gasteiger partial charge in [0.2, 0.25) is 5.13 Å². The van der Waals surface area contributed by atoms with Gasteiger partial charge < -0.3 is 4.90 Å². The molecule has 0 saturated heterocycles. The zero-order valence-electron chi connectivity index (χ0n) is 15.3. The van der Waals surface area contributed by atoms with Crippen LogP contribution in [0.4, 0.5) is 5.13 Å². The van der Waals surface area contributed by atoms with E-state index in [-0.39, 0.29) is 5.91 Å². The fourth-order valence-corrected chi connectivity index (χ4v) is 5.13. The van der Waals surface area contributed by atoms with Gasteiger partial charge in [-0.15, -0.1) is 11.3 Å². The molecule has 0 unspecified atom stereocenters. The van der Waals surface area contributed by atoms with Crippen LogP contribution in [0.5, 0.6) is 0 Å². The summed E-state index contributed by atoms with van der Waals surface area (Å²) in [6.07, 6.45) is 1.83. The van der Waals surface area contributed by atoms with E-state index >= 15 is 0 Å². The van der Waals surface area contributed by atoms with E-state index in [2.05, 4.69) is 23.2 Å². The number of fused-ring (bicyclic) bond motifs is 2. The van der Waals surface area contributed by atoms with Crippen LogP contribution in [0.1, 0.15) is 4.88 Å². The highest BCUT2D eigenvalue weighted by molar-refractivity contribution is 7.22. The highest BCUT2D eigenvalue weighted by atomic mass is 32.1. The third kappa shape index (κ3) is 2.80. The minimum atomic E-state index is -0.153. The first-order valence-corrected chi connectivity index (χ1v) is 10.4. The van der Waals surface area contributed by atoms with Gasteiger partial charge in [-0.3, -0.25) is 4.79 Å². The molecule has 5 nitrogen and oxygen atoms in total. The molecule has 0 aliphatic carbocycles. The molecule has 0 N–H and O–H groups in total. The van der Waals surface area contributed by atoms with Crippen molar-refractivity contribution in [3.8, 4) is 0 Å². The van der Waals surface area contributed by atoms with Crippen molar-refractivity contribution in [1.29, 1.82) is 0 Å². The number of hydrazone groups is 1. The number of amides is 1. The zero-order valence-corrected chi connectivity index (χ0v) is 16.9. The summed E-state index contributed by atoms with van der Waals surface area (Å²) >= 11 is 3.11. The maximum absolute atomic E-state index is 13.2. The summed E-state index contributed by atoms with van der Waals surface area (Å²) in [6.45, 7) is 0. The van der Waals surface area contributed by atoms with Crippen LogP contribution in [0.15, 0.2) is 71.5 Å². The van der Waals surface area contributed by atoms with Crippen LogP contribution in [0.25, 0.3) is 20.3 Å². The molecule has 0 atom stereocenters. The minimum Gasteiger partial charge on any atom is -0.383 e. The molecule has 0 bridgehead atoms. The lowest BCUT2D eigenvalue weighted by Crippen LogP contribution is -2.22. The van der Waals surface area contributed by atoms with Crippen molar-refractivity contribution < 1.29 is 4.79 Å². The molecule has 138 valence electrons. The molecule has 0 saturated carbocycles. The van der Waals surface area contributed by atoms with Crippen LogP contribution < -0.4 is 5.01 Å². The number of hydrogen-bond acceptors (Lipinski definition) is 6. The number of carbonyl (C=O) groups is 1. The Bertz CT molecular complexity index is 1220. The largest absolute Gasteiger partial charge is 0.383 e. The van der Waals surface area contributed by atoms with Gasteiger partial charge >= 0.3 is 0 Å². The fraction of sp³-hybridized carbons (Fsp3) is 0.0952. The predicted molar refractivity (Wildman–Crippen MR) is 117 cm³/mol. The SMILES string of the molecule is CN(C)/C=C1/C(=O)N(c2nc3ccccc3s2)N=C1c1cc2ccccc2s1. The van der Waals surface area contributed by atoms with Crippen LogP contribution in [0.2, 0.25) is 0 Å². The van der Waals surface area contributed by atoms with Gasteiger partial charge in [0.15, 0.2) is 0 Å². The molecule has 7 heteroatoms. The Hall–Kier alpha value is -3.03. The maximum Gasteiger partial charge on any atom is 0.284 e. The van der Waals surface area contributed by atoms with Crippen LogP contribution in [0, 0.1) is 0 Å². The second kappa shape index (κ2) is 6.54. The second-order valence-electron chi connectivity index (χ2n) is 6.68. The average molecular weight is 405 g/mol. The molecule has 4 aromatic rings. The van der Waals surface area contributed by atoms with E-state index < -0.39 is 0 Å². The number of thiazole rings is 1. The summed E-state index contributed by atoms with van der Waals surface area (Å²) < 4.78 is 2.21. The quantitative estimate of drug-likeness (QED) is 0.465. The Balaban J connectivity index is 1.65. The van der Waals surface area contributed by atoms with E-state index in [9.17, 15) is 4.79 Å². The van der Waals surface area contributed by atoms with Crippen molar-refractivity contribution in [3.05, 3.63) is 71.2 Å². The van der Waals surface area contributed by atoms with E-state index in [1.807, 2.05) is 61.6 Å². The third-order valence-electron chi connectivity index (χ3n) is 4.39. The van der Waals surface area contributed by atoms with Gasteiger partial charge in [-0.25, -0.2) is 4.98 Å². The van der Waals surface area contributed by atoms with Crippen molar-refractivity contribution >= 4 is 59.7 Å². The first-order chi connectivity index (χ1) is 13.6. The lowest BCUT2D eigenvalue weighted by atomic mass is 10.1. The van der Waals surface area contributed by atoms with Crippen molar-refractivity contribution in [2.45, 2.75) is 0 Å². The maximum atomic E-state index is 13.2. The summed E-state index contributed by atoms with van der Waals surface area (Å²) in [6, 6.07) is 18.2. The highest BCUT2D eigenvalue weighted by Crippen LogP contribution is 2.35. The first kappa shape index (κ1) is 17.1. The fourth-order valence-electron chi connectivity index (χ4n) is 3.15. The van der Waals surface area contributed by atoms with Gasteiger partial charge in [0.1, 0.15) is 5.71 Å². The molecule has 1 aliphatic heterocycles. The van der Waals surface area contributed by atoms with E-state index in [4.69, 9.17) is 5.10 Å². The van der Waals surface area contributed by atoms with Crippen molar-refractivity contribution in [2.24, 2.45) is 5.10 Å². The van der Waals surface area contributed by atoms with E-state index in [0.717, 1.165) is 20.5 Å². The second-order valence-corrected chi connectivity index (χ2v) is 8.78. The summed E-state index contributed by atoms with van der Waals surface area (Å²) in [4.78, 5) is 20.7. The van der Waals surface area contributed by atoms with Crippen molar-refractivity contribution in [2.75, 3.05) is 19.1 Å². The molecular formula is C21H16N4OS2. The molecular weight excluding hydrogens is 388 g/mol. The summed E-state index contributed by atoms with van der Waals surface area (Å²) in [5.74, 6) is -0.153. The van der Waals surface area contributed by atoms with E-state index in [0.29, 0.717) is 16.4 Å². The Morgan fingerprint density at radius 2 is 1.75 bits per heavy atom. The van der Waals surface area contributed by atoms with Crippen molar-refractivity contribution in [3.63, 3.8) is 0 Å². The number of benzene rings is 2. The van der Waals surface area contributed by atoms with Gasteiger partial charge in [-0.1, -0.05) is 41.7 Å². The normalized spacial score (nSPS) is 15.8. The monoisotopic (exact) mass is 404 g/mol. The van der Waals surface area contributed by atoms with Crippen molar-refractivity contribution in [1.82, 2.24) is 9.88 Å². The van der Waals surface area contributed by atoms with Gasteiger partial charge in [-0.2, -0.15) is 10.1 Å². The smallest absolute Gasteiger partial charge is 0.284 e. The number of hydrogen-bond donors (Lipinski definition) is 0. The number of aromatic nitrogens is 1. The summed E-state index contributed by atoms with van der Waals surface area (Å²) in [5.41, 5.74) is 2.15. The molecule has 1 amide bonds. The first-order valence-electron chi connectivity index (χ1n) is 8.76. The number of para-hydroxylation sites is 1. The molecule has 1 aliphatic rings. The molecule has 2 aromatic heterocycles. The zero-order chi connectivity index (χ0) is 19.3. The Morgan fingerprint density at radius 1 is 1.00 bits per heavy atom. The average Bonchev–Trinajstić information content (AvgIpc) is 3.37. The molecule has 0 spiro atoms. The number of anilines is 1. The molecule has 2 aromatic carbocycles. The standard InChI is InChI=1S/C21H16N4OS2/c1-24(2)12-14-19(18-11-13-7-3-5-9-16(13)27-18)23-25(20(14)26)21-22-15-8-4-6-10-17(15)28-21/h3-12H,1-2H3/b14-12+. The topological polar surface area (TPSA) is 48.8 Å². The molecule has 28 heavy (non-hydrogen) atoms. The van der Waals surface area contributed by atoms with Crippen LogP contribution >= 0.6 is 22.7 Å². The molecule has 5 rings (SSSR count). The van der Waals surface area contributed by atoms with E-state index in [1.165, 1.54) is 21.0 Å². The van der Waals surface area contributed by atoms with E-state index in [1.54, 1.807) is 11.3 Å². The lowest BCUT2D eigenvalue weighted by Gasteiger charge is -2.08. The van der Waals surface area contributed by atoms with Gasteiger partial charge in [0.05, 0.1) is 20.7 Å². The number of nitrogens with zero attached hydrogens (tertiary/aromatic N) is 4. The molecule has 3 heterocycles. The Morgan fingerprint density at radius 3 is 2.50 bits per heavy atom. The Kier molecular flexibility index (Phi) is 3.99. The molecule has 0 fully saturated rings. The number of thiophene rings is 1. The van der Waals surface area contributed by atoms with Gasteiger partial charge in [0, 0.05) is 25.0 Å². The van der Waals surface area contributed by atoms with Gasteiger partial charge in [0.25, 0.3) is 5.91 Å². The minimum absolute atomic E-state index is 0.153. The van der Waals surface area contributed by atoms with Crippen LogP contribution in [-0.4, -0.2) is 35.6 Å². The summed E-state index contributed by atoms with van der Waals surface area (Å²) in [7, 11) is 3.81. The Labute approximate surface area is 169 Å². The number of rotatable bonds is 3. The lowest BCUT2D eigenvalue weighted by molar-refractivity contribution is -0.114. The third-order valence-corrected chi connectivity index (χ3v) is 6.52. The molecule has 0 radical (unpaired) electrons. The number of carbonyl (C=O) groups excluding carboxylic acids is 1. The highest BCUT2D eigenvalue weighted by Gasteiger charge is 2.34. The van der Waals surface area contributed by atoms with Crippen LogP contribution in [-0.2, 0) is 4.79 Å². The van der Waals surface area contributed by atoms with Gasteiger partial charge in [-0.05, 0) is 29.7 Å². The van der Waals surface area contributed by atoms with Crippen LogP contribution in [0.3, 0.4) is 0 Å². The summed E-state index contributed by atoms with van der Waals surface area (Å²) in [5, 5.41) is 7.87.